The molecule has 1 rings (SSSR count). The van der Waals surface area contributed by atoms with Crippen LogP contribution in [0.1, 0.15) is 15.9 Å². The smallest absolute Gasteiger partial charge is 0.379 e. The molecule has 68 valence electrons. The number of aliphatic hydroxyl groups is 1. The molecule has 1 N–H and O–H groups in total. The lowest BCUT2D eigenvalue weighted by Crippen LogP contribution is -2.18. The summed E-state index contributed by atoms with van der Waals surface area (Å²) < 4.78 is 35.7. The zero-order valence-corrected chi connectivity index (χ0v) is 7.04. The second-order valence-corrected chi connectivity index (χ2v) is 3.71. The number of rotatable bonds is 1. The average Bonchev–Trinajstić information content (AvgIpc) is 2.32. The van der Waals surface area contributed by atoms with E-state index in [9.17, 15) is 13.2 Å². The van der Waals surface area contributed by atoms with E-state index >= 15 is 0 Å². The molecule has 12 heavy (non-hydrogen) atoms. The van der Waals surface area contributed by atoms with E-state index in [1.54, 1.807) is 13.0 Å². The molecule has 1 aromatic rings. The third kappa shape index (κ3) is 1.98. The van der Waals surface area contributed by atoms with E-state index in [1.165, 1.54) is 6.07 Å². The van der Waals surface area contributed by atoms with Crippen LogP contribution in [-0.4, -0.2) is 11.3 Å². The molecule has 0 aliphatic rings. The first kappa shape index (κ1) is 9.54. The fourth-order valence-corrected chi connectivity index (χ4v) is 1.65. The minimum absolute atomic E-state index is 0.0556. The molecule has 0 spiro atoms. The highest BCUT2D eigenvalue weighted by atomic mass is 32.1. The van der Waals surface area contributed by atoms with Crippen molar-refractivity contribution in [1.29, 1.82) is 0 Å². The molecular weight excluding hydrogens is 189 g/mol. The summed E-state index contributed by atoms with van der Waals surface area (Å²) in [4.78, 5) is 0.702. The Morgan fingerprint density at radius 1 is 1.42 bits per heavy atom. The lowest BCUT2D eigenvalue weighted by atomic mass is 10.3. The van der Waals surface area contributed by atoms with Gasteiger partial charge in [0.25, 0.3) is 0 Å². The van der Waals surface area contributed by atoms with Crippen molar-refractivity contribution in [2.45, 2.75) is 19.2 Å². The number of aryl methyl sites for hydroxylation is 1. The van der Waals surface area contributed by atoms with Crippen molar-refractivity contribution in [2.75, 3.05) is 0 Å². The van der Waals surface area contributed by atoms with Crippen LogP contribution in [0.15, 0.2) is 12.1 Å². The van der Waals surface area contributed by atoms with Gasteiger partial charge in [-0.3, -0.25) is 0 Å². The molecule has 0 saturated heterocycles. The fraction of sp³-hybridized carbons (Fsp3) is 0.429. The van der Waals surface area contributed by atoms with Crippen molar-refractivity contribution in [3.63, 3.8) is 0 Å². The summed E-state index contributed by atoms with van der Waals surface area (Å²) in [6, 6.07) is 2.84. The maximum absolute atomic E-state index is 11.9. The summed E-state index contributed by atoms with van der Waals surface area (Å²) in [6.45, 7) is 1.69. The van der Waals surface area contributed by atoms with Crippen molar-refractivity contribution >= 4 is 11.3 Å². The van der Waals surface area contributed by atoms with Crippen LogP contribution in [0.25, 0.3) is 0 Å². The first-order valence-corrected chi connectivity index (χ1v) is 4.04. The first-order chi connectivity index (χ1) is 5.41. The largest absolute Gasteiger partial charge is 0.419 e. The van der Waals surface area contributed by atoms with Crippen LogP contribution in [0.3, 0.4) is 0 Å². The van der Waals surface area contributed by atoms with Gasteiger partial charge in [-0.05, 0) is 19.1 Å². The minimum Gasteiger partial charge on any atom is -0.379 e. The topological polar surface area (TPSA) is 20.2 Å². The number of thiophene rings is 1. The van der Waals surface area contributed by atoms with Crippen molar-refractivity contribution in [1.82, 2.24) is 0 Å². The van der Waals surface area contributed by atoms with Gasteiger partial charge in [-0.15, -0.1) is 11.3 Å². The summed E-state index contributed by atoms with van der Waals surface area (Å²) in [5.41, 5.74) is 0. The molecule has 0 unspecified atom stereocenters. The van der Waals surface area contributed by atoms with Gasteiger partial charge in [-0.2, -0.15) is 13.2 Å². The highest BCUT2D eigenvalue weighted by molar-refractivity contribution is 7.12. The Morgan fingerprint density at radius 2 is 2.00 bits per heavy atom. The van der Waals surface area contributed by atoms with Crippen molar-refractivity contribution in [3.8, 4) is 0 Å². The van der Waals surface area contributed by atoms with Crippen LogP contribution in [0.2, 0.25) is 0 Å². The molecular formula is C7H7F3OS. The Bertz CT molecular complexity index is 266. The van der Waals surface area contributed by atoms with Gasteiger partial charge < -0.3 is 5.11 Å². The average molecular weight is 196 g/mol. The molecule has 1 nitrogen and oxygen atoms in total. The van der Waals surface area contributed by atoms with Crippen LogP contribution in [-0.2, 0) is 0 Å². The SMILES string of the molecule is Cc1ccc([C@@H](O)C(F)(F)F)s1. The van der Waals surface area contributed by atoms with E-state index in [1.807, 2.05) is 0 Å². The molecule has 0 aliphatic carbocycles. The molecule has 0 bridgehead atoms. The van der Waals surface area contributed by atoms with Crippen LogP contribution in [0.4, 0.5) is 13.2 Å². The molecule has 1 atom stereocenters. The van der Waals surface area contributed by atoms with E-state index in [0.29, 0.717) is 0 Å². The van der Waals surface area contributed by atoms with E-state index < -0.39 is 12.3 Å². The summed E-state index contributed by atoms with van der Waals surface area (Å²) in [7, 11) is 0. The molecule has 0 fully saturated rings. The van der Waals surface area contributed by atoms with Crippen LogP contribution in [0.5, 0.6) is 0 Å². The predicted molar refractivity (Wildman–Crippen MR) is 40.1 cm³/mol. The Kier molecular flexibility index (Phi) is 2.44. The second-order valence-electron chi connectivity index (χ2n) is 2.39. The summed E-state index contributed by atoms with van der Waals surface area (Å²) in [5.74, 6) is 0. The molecule has 1 heterocycles. The molecule has 0 radical (unpaired) electrons. The van der Waals surface area contributed by atoms with Crippen LogP contribution < -0.4 is 0 Å². The standard InChI is InChI=1S/C7H7F3OS/c1-4-2-3-5(12-4)6(11)7(8,9)10/h2-3,6,11H,1H3/t6-/m1/s1. The number of alkyl halides is 3. The third-order valence-electron chi connectivity index (χ3n) is 1.34. The zero-order chi connectivity index (χ0) is 9.35. The quantitative estimate of drug-likeness (QED) is 0.732. The Hall–Kier alpha value is -0.550. The van der Waals surface area contributed by atoms with Crippen LogP contribution >= 0.6 is 11.3 Å². The minimum atomic E-state index is -4.56. The number of halogens is 3. The van der Waals surface area contributed by atoms with Gasteiger partial charge in [0.1, 0.15) is 0 Å². The highest BCUT2D eigenvalue weighted by Gasteiger charge is 2.40. The maximum Gasteiger partial charge on any atom is 0.419 e. The van der Waals surface area contributed by atoms with Gasteiger partial charge in [0.2, 0.25) is 0 Å². The van der Waals surface area contributed by atoms with E-state index in [0.717, 1.165) is 16.2 Å². The maximum atomic E-state index is 11.9. The van der Waals surface area contributed by atoms with Gasteiger partial charge in [0, 0.05) is 9.75 Å². The van der Waals surface area contributed by atoms with Gasteiger partial charge in [-0.25, -0.2) is 0 Å². The summed E-state index contributed by atoms with van der Waals surface area (Å²) >= 11 is 0.953. The predicted octanol–water partition coefficient (Wildman–Crippen LogP) is 2.65. The normalized spacial score (nSPS) is 14.8. The van der Waals surface area contributed by atoms with E-state index in [-0.39, 0.29) is 4.88 Å². The van der Waals surface area contributed by atoms with Crippen molar-refractivity contribution in [2.24, 2.45) is 0 Å². The van der Waals surface area contributed by atoms with Crippen molar-refractivity contribution < 1.29 is 18.3 Å². The Labute approximate surface area is 71.5 Å². The van der Waals surface area contributed by atoms with Gasteiger partial charge in [0.05, 0.1) is 0 Å². The number of hydrogen-bond acceptors (Lipinski definition) is 2. The fourth-order valence-electron chi connectivity index (χ4n) is 0.762. The summed E-state index contributed by atoms with van der Waals surface area (Å²) in [5, 5.41) is 8.76. The Balaban J connectivity index is 2.85. The summed E-state index contributed by atoms with van der Waals surface area (Å²) in [6.07, 6.45) is -6.90. The molecule has 0 amide bonds. The Morgan fingerprint density at radius 3 is 2.33 bits per heavy atom. The molecule has 0 saturated carbocycles. The van der Waals surface area contributed by atoms with Gasteiger partial charge >= 0.3 is 6.18 Å². The molecule has 1 aromatic heterocycles. The van der Waals surface area contributed by atoms with Gasteiger partial charge in [0.15, 0.2) is 6.10 Å². The third-order valence-corrected chi connectivity index (χ3v) is 2.39. The monoisotopic (exact) mass is 196 g/mol. The first-order valence-electron chi connectivity index (χ1n) is 3.22. The van der Waals surface area contributed by atoms with E-state index in [4.69, 9.17) is 5.11 Å². The second kappa shape index (κ2) is 3.06. The number of hydrogen-bond donors (Lipinski definition) is 1. The lowest BCUT2D eigenvalue weighted by molar-refractivity contribution is -0.205. The van der Waals surface area contributed by atoms with Crippen molar-refractivity contribution in [3.05, 3.63) is 21.9 Å². The lowest BCUT2D eigenvalue weighted by Gasteiger charge is -2.11. The van der Waals surface area contributed by atoms with E-state index in [2.05, 4.69) is 0 Å². The number of aliphatic hydroxyl groups excluding tert-OH is 1. The molecule has 0 aromatic carbocycles. The zero-order valence-electron chi connectivity index (χ0n) is 6.22. The van der Waals surface area contributed by atoms with Crippen LogP contribution in [0, 0.1) is 6.92 Å². The van der Waals surface area contributed by atoms with Gasteiger partial charge in [-0.1, -0.05) is 0 Å². The molecule has 5 heteroatoms. The molecule has 0 aliphatic heterocycles. The highest BCUT2D eigenvalue weighted by Crippen LogP contribution is 2.35.